The lowest BCUT2D eigenvalue weighted by Crippen LogP contribution is -2.49. The first kappa shape index (κ1) is 14.5. The molecule has 0 amide bonds. The van der Waals surface area contributed by atoms with Crippen molar-refractivity contribution in [3.05, 3.63) is 29.3 Å². The van der Waals surface area contributed by atoms with Crippen LogP contribution in [0.3, 0.4) is 0 Å². The van der Waals surface area contributed by atoms with Crippen molar-refractivity contribution in [2.24, 2.45) is 0 Å². The Morgan fingerprint density at radius 3 is 2.28 bits per heavy atom. The topological polar surface area (TPSA) is 45.0 Å². The number of nitrogens with one attached hydrogen (secondary N) is 1. The number of rotatable bonds is 5. The molecule has 0 aliphatic rings. The summed E-state index contributed by atoms with van der Waals surface area (Å²) in [5.74, 6) is 0.819. The second-order valence-electron chi connectivity index (χ2n) is 5.36. The summed E-state index contributed by atoms with van der Waals surface area (Å²) in [4.78, 5) is 0. The third-order valence-corrected chi connectivity index (χ3v) is 2.58. The van der Waals surface area contributed by atoms with Gasteiger partial charge in [0.15, 0.2) is 0 Å². The molecule has 1 N–H and O–H groups in total. The van der Waals surface area contributed by atoms with Crippen molar-refractivity contribution in [1.29, 1.82) is 5.26 Å². The smallest absolute Gasteiger partial charge is 0.138 e. The first-order valence-electron chi connectivity index (χ1n) is 6.25. The van der Waals surface area contributed by atoms with Gasteiger partial charge >= 0.3 is 0 Å². The van der Waals surface area contributed by atoms with Gasteiger partial charge in [-0.1, -0.05) is 6.07 Å². The summed E-state index contributed by atoms with van der Waals surface area (Å²) in [6.45, 7) is 10.3. The van der Waals surface area contributed by atoms with Crippen LogP contribution in [-0.2, 0) is 0 Å². The molecule has 3 heteroatoms. The molecule has 0 saturated carbocycles. The Bertz CT molecular complexity index is 428. The summed E-state index contributed by atoms with van der Waals surface area (Å²) in [7, 11) is 0. The van der Waals surface area contributed by atoms with Crippen molar-refractivity contribution in [3.8, 4) is 11.8 Å². The third kappa shape index (κ3) is 4.38. The molecule has 3 nitrogen and oxygen atoms in total. The lowest BCUT2D eigenvalue weighted by atomic mass is 10.1. The SMILES string of the molecule is Cc1cc(C)cc(OCC(C)(C#N)NC(C)C)c1. The minimum atomic E-state index is -0.661. The Hall–Kier alpha value is -1.53. The zero-order chi connectivity index (χ0) is 13.8. The fraction of sp³-hybridized carbons (Fsp3) is 0.533. The van der Waals surface area contributed by atoms with E-state index in [-0.39, 0.29) is 6.04 Å². The number of hydrogen-bond donors (Lipinski definition) is 1. The molecule has 0 aromatic heterocycles. The Morgan fingerprint density at radius 1 is 1.28 bits per heavy atom. The molecule has 0 aliphatic heterocycles. The van der Waals surface area contributed by atoms with E-state index in [9.17, 15) is 5.26 Å². The highest BCUT2D eigenvalue weighted by molar-refractivity contribution is 5.33. The Kier molecular flexibility index (Phi) is 4.75. The lowest BCUT2D eigenvalue weighted by Gasteiger charge is -2.26. The van der Waals surface area contributed by atoms with E-state index in [1.165, 1.54) is 11.1 Å². The highest BCUT2D eigenvalue weighted by Gasteiger charge is 2.25. The lowest BCUT2D eigenvalue weighted by molar-refractivity contribution is 0.225. The van der Waals surface area contributed by atoms with E-state index in [1.807, 2.05) is 46.8 Å². The van der Waals surface area contributed by atoms with Crippen LogP contribution in [0.2, 0.25) is 0 Å². The van der Waals surface area contributed by atoms with Crippen LogP contribution in [0.4, 0.5) is 0 Å². The number of nitriles is 1. The number of nitrogens with zero attached hydrogens (tertiary/aromatic N) is 1. The summed E-state index contributed by atoms with van der Waals surface area (Å²) < 4.78 is 5.74. The Labute approximate surface area is 110 Å². The number of ether oxygens (including phenoxy) is 1. The molecule has 98 valence electrons. The van der Waals surface area contributed by atoms with Crippen LogP contribution in [0.5, 0.6) is 5.75 Å². The predicted molar refractivity (Wildman–Crippen MR) is 73.7 cm³/mol. The minimum Gasteiger partial charge on any atom is -0.491 e. The van der Waals surface area contributed by atoms with Crippen molar-refractivity contribution in [1.82, 2.24) is 5.32 Å². The predicted octanol–water partition coefficient (Wildman–Crippen LogP) is 2.96. The molecule has 1 rings (SSSR count). The van der Waals surface area contributed by atoms with Crippen LogP contribution in [0.15, 0.2) is 18.2 Å². The van der Waals surface area contributed by atoms with Crippen LogP contribution in [-0.4, -0.2) is 18.2 Å². The maximum atomic E-state index is 9.23. The maximum absolute atomic E-state index is 9.23. The molecular formula is C15H22N2O. The van der Waals surface area contributed by atoms with Crippen molar-refractivity contribution >= 4 is 0 Å². The van der Waals surface area contributed by atoms with E-state index in [1.54, 1.807) is 0 Å². The van der Waals surface area contributed by atoms with Crippen molar-refractivity contribution in [2.75, 3.05) is 6.61 Å². The van der Waals surface area contributed by atoms with Gasteiger partial charge in [-0.25, -0.2) is 0 Å². The van der Waals surface area contributed by atoms with E-state index in [0.29, 0.717) is 6.61 Å². The minimum absolute atomic E-state index is 0.248. The van der Waals surface area contributed by atoms with Gasteiger partial charge in [-0.3, -0.25) is 5.32 Å². The van der Waals surface area contributed by atoms with Crippen LogP contribution in [0, 0.1) is 25.2 Å². The number of hydrogen-bond acceptors (Lipinski definition) is 3. The molecular weight excluding hydrogens is 224 g/mol. The molecule has 0 radical (unpaired) electrons. The molecule has 0 saturated heterocycles. The molecule has 0 aliphatic carbocycles. The second kappa shape index (κ2) is 5.88. The molecule has 18 heavy (non-hydrogen) atoms. The zero-order valence-corrected chi connectivity index (χ0v) is 11.9. The highest BCUT2D eigenvalue weighted by atomic mass is 16.5. The molecule has 1 unspecified atom stereocenters. The Balaban J connectivity index is 2.71. The third-order valence-electron chi connectivity index (χ3n) is 2.58. The molecule has 0 bridgehead atoms. The van der Waals surface area contributed by atoms with Crippen molar-refractivity contribution < 1.29 is 4.74 Å². The van der Waals surface area contributed by atoms with Gasteiger partial charge in [-0.2, -0.15) is 5.26 Å². The van der Waals surface area contributed by atoms with Gasteiger partial charge in [0, 0.05) is 6.04 Å². The fourth-order valence-corrected chi connectivity index (χ4v) is 1.99. The first-order chi connectivity index (χ1) is 8.34. The molecule has 0 spiro atoms. The van der Waals surface area contributed by atoms with Crippen LogP contribution in [0.1, 0.15) is 31.9 Å². The van der Waals surface area contributed by atoms with Crippen molar-refractivity contribution in [3.63, 3.8) is 0 Å². The number of aryl methyl sites for hydroxylation is 2. The second-order valence-corrected chi connectivity index (χ2v) is 5.36. The van der Waals surface area contributed by atoms with Gasteiger partial charge in [0.05, 0.1) is 6.07 Å². The monoisotopic (exact) mass is 246 g/mol. The van der Waals surface area contributed by atoms with Crippen LogP contribution in [0.25, 0.3) is 0 Å². The zero-order valence-electron chi connectivity index (χ0n) is 11.9. The normalized spacial score (nSPS) is 14.1. The standard InChI is InChI=1S/C15H22N2O/c1-11(2)17-15(5,9-16)10-18-14-7-12(3)6-13(4)8-14/h6-8,11,17H,10H2,1-5H3. The largest absolute Gasteiger partial charge is 0.491 e. The van der Waals surface area contributed by atoms with Gasteiger partial charge in [0.25, 0.3) is 0 Å². The average Bonchev–Trinajstić information content (AvgIpc) is 2.24. The molecule has 0 heterocycles. The number of benzene rings is 1. The van der Waals surface area contributed by atoms with E-state index in [2.05, 4.69) is 17.5 Å². The van der Waals surface area contributed by atoms with Gasteiger partial charge in [0.2, 0.25) is 0 Å². The van der Waals surface area contributed by atoms with E-state index < -0.39 is 5.54 Å². The summed E-state index contributed by atoms with van der Waals surface area (Å²) in [5, 5.41) is 12.4. The van der Waals surface area contributed by atoms with E-state index in [4.69, 9.17) is 4.74 Å². The first-order valence-corrected chi connectivity index (χ1v) is 6.25. The average molecular weight is 246 g/mol. The molecule has 1 atom stereocenters. The molecule has 1 aromatic carbocycles. The van der Waals surface area contributed by atoms with Crippen LogP contribution < -0.4 is 10.1 Å². The fourth-order valence-electron chi connectivity index (χ4n) is 1.99. The van der Waals surface area contributed by atoms with Gasteiger partial charge in [0.1, 0.15) is 17.9 Å². The maximum Gasteiger partial charge on any atom is 0.138 e. The van der Waals surface area contributed by atoms with Crippen LogP contribution >= 0.6 is 0 Å². The molecule has 0 fully saturated rings. The summed E-state index contributed by atoms with van der Waals surface area (Å²) in [6, 6.07) is 8.59. The summed E-state index contributed by atoms with van der Waals surface area (Å²) in [6.07, 6.45) is 0. The highest BCUT2D eigenvalue weighted by Crippen LogP contribution is 2.17. The van der Waals surface area contributed by atoms with E-state index in [0.717, 1.165) is 5.75 Å². The van der Waals surface area contributed by atoms with Gasteiger partial charge in [-0.05, 0) is 57.9 Å². The molecule has 1 aromatic rings. The summed E-state index contributed by atoms with van der Waals surface area (Å²) >= 11 is 0. The van der Waals surface area contributed by atoms with Gasteiger partial charge in [-0.15, -0.1) is 0 Å². The summed E-state index contributed by atoms with van der Waals surface area (Å²) in [5.41, 5.74) is 1.67. The van der Waals surface area contributed by atoms with Crippen molar-refractivity contribution in [2.45, 2.75) is 46.2 Å². The van der Waals surface area contributed by atoms with Gasteiger partial charge < -0.3 is 4.74 Å². The Morgan fingerprint density at radius 2 is 1.83 bits per heavy atom. The van der Waals surface area contributed by atoms with E-state index >= 15 is 0 Å². The quantitative estimate of drug-likeness (QED) is 0.868.